The highest BCUT2D eigenvalue weighted by Crippen LogP contribution is 2.32. The number of piperidine rings is 1. The molecule has 1 atom stereocenters. The molecule has 0 aliphatic carbocycles. The summed E-state index contributed by atoms with van der Waals surface area (Å²) in [7, 11) is 3.30. The van der Waals surface area contributed by atoms with Gasteiger partial charge in [-0.2, -0.15) is 0 Å². The molecule has 2 aromatic carbocycles. The molecule has 1 aliphatic rings. The summed E-state index contributed by atoms with van der Waals surface area (Å²) in [6.07, 6.45) is 2.17. The Morgan fingerprint density at radius 3 is 2.68 bits per heavy atom. The third-order valence-electron chi connectivity index (χ3n) is 5.14. The molecule has 5 nitrogen and oxygen atoms in total. The van der Waals surface area contributed by atoms with Gasteiger partial charge in [0, 0.05) is 30.8 Å². The minimum atomic E-state index is -0.340. The molecule has 0 bridgehead atoms. The number of likely N-dealkylation sites (tertiary alicyclic amines) is 1. The lowest BCUT2D eigenvalue weighted by molar-refractivity contribution is 0.0930. The number of amides is 1. The standard InChI is InChI=1S/C22H27FN2O3/c1-27-20-7-3-6-18(21(20)28-2)15-25-12-4-5-16(14-25)13-24-22(26)17-8-10-19(23)11-9-17/h3,6-11,16H,4-5,12-15H2,1-2H3,(H,24,26)/t16-/m1/s1. The van der Waals surface area contributed by atoms with E-state index in [0.29, 0.717) is 18.0 Å². The van der Waals surface area contributed by atoms with E-state index in [1.54, 1.807) is 14.2 Å². The van der Waals surface area contributed by atoms with Gasteiger partial charge in [-0.25, -0.2) is 4.39 Å². The summed E-state index contributed by atoms with van der Waals surface area (Å²) in [4.78, 5) is 14.6. The van der Waals surface area contributed by atoms with E-state index in [1.807, 2.05) is 12.1 Å². The first kappa shape index (κ1) is 20.1. The third-order valence-corrected chi connectivity index (χ3v) is 5.14. The second-order valence-electron chi connectivity index (χ2n) is 7.11. The summed E-state index contributed by atoms with van der Waals surface area (Å²) in [6, 6.07) is 11.5. The van der Waals surface area contributed by atoms with Crippen molar-refractivity contribution in [3.8, 4) is 11.5 Å². The summed E-state index contributed by atoms with van der Waals surface area (Å²) in [5, 5.41) is 2.98. The molecule has 28 heavy (non-hydrogen) atoms. The molecule has 0 unspecified atom stereocenters. The van der Waals surface area contributed by atoms with Crippen LogP contribution in [0.25, 0.3) is 0 Å². The number of carbonyl (C=O) groups is 1. The Kier molecular flexibility index (Phi) is 6.87. The molecule has 1 saturated heterocycles. The number of ether oxygens (including phenoxy) is 2. The number of para-hydroxylation sites is 1. The zero-order chi connectivity index (χ0) is 19.9. The van der Waals surface area contributed by atoms with Crippen LogP contribution in [0, 0.1) is 11.7 Å². The maximum Gasteiger partial charge on any atom is 0.251 e. The summed E-state index contributed by atoms with van der Waals surface area (Å²) in [6.45, 7) is 3.32. The lowest BCUT2D eigenvalue weighted by Gasteiger charge is -2.33. The Labute approximate surface area is 165 Å². The molecule has 0 aromatic heterocycles. The van der Waals surface area contributed by atoms with E-state index >= 15 is 0 Å². The third kappa shape index (κ3) is 5.01. The molecular formula is C22H27FN2O3. The quantitative estimate of drug-likeness (QED) is 0.792. The van der Waals surface area contributed by atoms with Gasteiger partial charge >= 0.3 is 0 Å². The SMILES string of the molecule is COc1cccc(CN2CCC[C@H](CNC(=O)c3ccc(F)cc3)C2)c1OC. The van der Waals surface area contributed by atoms with Crippen molar-refractivity contribution in [3.05, 3.63) is 59.4 Å². The maximum absolute atomic E-state index is 13.0. The van der Waals surface area contributed by atoms with Crippen molar-refractivity contribution in [2.75, 3.05) is 33.9 Å². The molecule has 0 saturated carbocycles. The van der Waals surface area contributed by atoms with Crippen LogP contribution in [-0.4, -0.2) is 44.7 Å². The number of carbonyl (C=O) groups excluding carboxylic acids is 1. The van der Waals surface area contributed by atoms with Crippen LogP contribution in [0.4, 0.5) is 4.39 Å². The summed E-state index contributed by atoms with van der Waals surface area (Å²) < 4.78 is 23.9. The number of benzene rings is 2. The number of nitrogens with zero attached hydrogens (tertiary/aromatic N) is 1. The summed E-state index contributed by atoms with van der Waals surface area (Å²) in [5.74, 6) is 1.39. The van der Waals surface area contributed by atoms with Gasteiger partial charge in [0.15, 0.2) is 11.5 Å². The molecular weight excluding hydrogens is 359 g/mol. The van der Waals surface area contributed by atoms with Gasteiger partial charge in [-0.1, -0.05) is 12.1 Å². The first-order chi connectivity index (χ1) is 13.6. The Morgan fingerprint density at radius 2 is 1.96 bits per heavy atom. The van der Waals surface area contributed by atoms with Gasteiger partial charge in [0.05, 0.1) is 14.2 Å². The maximum atomic E-state index is 13.0. The Morgan fingerprint density at radius 1 is 1.18 bits per heavy atom. The van der Waals surface area contributed by atoms with Crippen molar-refractivity contribution in [1.29, 1.82) is 0 Å². The highest BCUT2D eigenvalue weighted by atomic mass is 19.1. The van der Waals surface area contributed by atoms with E-state index in [-0.39, 0.29) is 11.7 Å². The van der Waals surface area contributed by atoms with Gasteiger partial charge in [-0.3, -0.25) is 9.69 Å². The fraction of sp³-hybridized carbons (Fsp3) is 0.409. The molecule has 1 heterocycles. The Balaban J connectivity index is 1.56. The lowest BCUT2D eigenvalue weighted by Crippen LogP contribution is -2.40. The molecule has 3 rings (SSSR count). The molecule has 1 N–H and O–H groups in total. The van der Waals surface area contributed by atoms with Crippen LogP contribution in [0.15, 0.2) is 42.5 Å². The normalized spacial score (nSPS) is 17.2. The van der Waals surface area contributed by atoms with Crippen LogP contribution >= 0.6 is 0 Å². The zero-order valence-electron chi connectivity index (χ0n) is 16.4. The number of nitrogens with one attached hydrogen (secondary N) is 1. The minimum absolute atomic E-state index is 0.161. The first-order valence-corrected chi connectivity index (χ1v) is 9.56. The number of methoxy groups -OCH3 is 2. The van der Waals surface area contributed by atoms with Gasteiger partial charge in [0.2, 0.25) is 0 Å². The molecule has 1 amide bonds. The van der Waals surface area contributed by atoms with Gasteiger partial charge in [0.25, 0.3) is 5.91 Å². The second kappa shape index (κ2) is 9.55. The fourth-order valence-corrected chi connectivity index (χ4v) is 3.72. The first-order valence-electron chi connectivity index (χ1n) is 9.56. The highest BCUT2D eigenvalue weighted by Gasteiger charge is 2.22. The van der Waals surface area contributed by atoms with Crippen molar-refractivity contribution in [2.45, 2.75) is 19.4 Å². The van der Waals surface area contributed by atoms with E-state index in [4.69, 9.17) is 9.47 Å². The van der Waals surface area contributed by atoms with Gasteiger partial charge < -0.3 is 14.8 Å². The van der Waals surface area contributed by atoms with Gasteiger partial charge in [-0.05, 0) is 55.6 Å². The Bertz CT molecular complexity index is 795. The predicted octanol–water partition coefficient (Wildman–Crippen LogP) is 3.48. The average molecular weight is 386 g/mol. The van der Waals surface area contributed by atoms with Crippen molar-refractivity contribution in [1.82, 2.24) is 10.2 Å². The van der Waals surface area contributed by atoms with E-state index in [1.165, 1.54) is 24.3 Å². The van der Waals surface area contributed by atoms with Gasteiger partial charge in [-0.15, -0.1) is 0 Å². The van der Waals surface area contributed by atoms with E-state index in [2.05, 4.69) is 16.3 Å². The minimum Gasteiger partial charge on any atom is -0.493 e. The molecule has 0 radical (unpaired) electrons. The number of rotatable bonds is 7. The van der Waals surface area contributed by atoms with Crippen LogP contribution in [0.1, 0.15) is 28.8 Å². The van der Waals surface area contributed by atoms with E-state index < -0.39 is 0 Å². The molecule has 2 aromatic rings. The largest absolute Gasteiger partial charge is 0.493 e. The average Bonchev–Trinajstić information content (AvgIpc) is 2.72. The van der Waals surface area contributed by atoms with Crippen molar-refractivity contribution >= 4 is 5.91 Å². The van der Waals surface area contributed by atoms with Crippen LogP contribution in [-0.2, 0) is 6.54 Å². The van der Waals surface area contributed by atoms with E-state index in [0.717, 1.165) is 49.5 Å². The molecule has 1 aliphatic heterocycles. The van der Waals surface area contributed by atoms with Crippen molar-refractivity contribution in [2.24, 2.45) is 5.92 Å². The second-order valence-corrected chi connectivity index (χ2v) is 7.11. The molecule has 150 valence electrons. The smallest absolute Gasteiger partial charge is 0.251 e. The number of hydrogen-bond donors (Lipinski definition) is 1. The summed E-state index contributed by atoms with van der Waals surface area (Å²) >= 11 is 0. The van der Waals surface area contributed by atoms with Crippen LogP contribution in [0.2, 0.25) is 0 Å². The van der Waals surface area contributed by atoms with E-state index in [9.17, 15) is 9.18 Å². The van der Waals surface area contributed by atoms with Crippen LogP contribution in [0.3, 0.4) is 0 Å². The molecule has 1 fully saturated rings. The zero-order valence-corrected chi connectivity index (χ0v) is 16.4. The fourth-order valence-electron chi connectivity index (χ4n) is 3.72. The topological polar surface area (TPSA) is 50.8 Å². The molecule has 6 heteroatoms. The number of halogens is 1. The highest BCUT2D eigenvalue weighted by molar-refractivity contribution is 5.94. The van der Waals surface area contributed by atoms with Crippen LogP contribution in [0.5, 0.6) is 11.5 Å². The van der Waals surface area contributed by atoms with Crippen molar-refractivity contribution in [3.63, 3.8) is 0 Å². The van der Waals surface area contributed by atoms with Crippen LogP contribution < -0.4 is 14.8 Å². The summed E-state index contributed by atoms with van der Waals surface area (Å²) in [5.41, 5.74) is 1.58. The monoisotopic (exact) mass is 386 g/mol. The lowest BCUT2D eigenvalue weighted by atomic mass is 9.97. The Hall–Kier alpha value is -2.60. The predicted molar refractivity (Wildman–Crippen MR) is 106 cm³/mol. The van der Waals surface area contributed by atoms with Gasteiger partial charge in [0.1, 0.15) is 5.82 Å². The number of hydrogen-bond acceptors (Lipinski definition) is 4. The van der Waals surface area contributed by atoms with Crippen molar-refractivity contribution < 1.29 is 18.7 Å². The molecule has 0 spiro atoms.